The van der Waals surface area contributed by atoms with Crippen LogP contribution in [-0.4, -0.2) is 6.04 Å². The van der Waals surface area contributed by atoms with Gasteiger partial charge >= 0.3 is 0 Å². The standard InChI is InChI=1S/C18H29N/c1-3-4-6-14-18(17-10-7-5-8-11-17)19-15(2)16-12-9-13-16/h5,7-8,10-11,15-16,18-19H,3-4,6,9,12-14H2,1-2H3. The summed E-state index contributed by atoms with van der Waals surface area (Å²) in [5.74, 6) is 0.914. The van der Waals surface area contributed by atoms with Crippen molar-refractivity contribution in [1.29, 1.82) is 0 Å². The quantitative estimate of drug-likeness (QED) is 0.641. The van der Waals surface area contributed by atoms with Gasteiger partial charge in [-0.25, -0.2) is 0 Å². The Morgan fingerprint density at radius 2 is 1.89 bits per heavy atom. The highest BCUT2D eigenvalue weighted by Crippen LogP contribution is 2.31. The number of rotatable bonds is 8. The minimum Gasteiger partial charge on any atom is -0.307 e. The van der Waals surface area contributed by atoms with E-state index in [0.29, 0.717) is 12.1 Å². The molecule has 0 radical (unpaired) electrons. The van der Waals surface area contributed by atoms with Gasteiger partial charge in [0.05, 0.1) is 0 Å². The van der Waals surface area contributed by atoms with Crippen LogP contribution in [-0.2, 0) is 0 Å². The van der Waals surface area contributed by atoms with Gasteiger partial charge in [0, 0.05) is 12.1 Å². The minimum atomic E-state index is 0.545. The fourth-order valence-corrected chi connectivity index (χ4v) is 3.02. The van der Waals surface area contributed by atoms with Crippen LogP contribution in [0.1, 0.15) is 70.4 Å². The van der Waals surface area contributed by atoms with Gasteiger partial charge in [-0.15, -0.1) is 0 Å². The molecule has 2 atom stereocenters. The topological polar surface area (TPSA) is 12.0 Å². The van der Waals surface area contributed by atoms with E-state index in [-0.39, 0.29) is 0 Å². The number of unbranched alkanes of at least 4 members (excludes halogenated alkanes) is 2. The lowest BCUT2D eigenvalue weighted by atomic mass is 9.80. The van der Waals surface area contributed by atoms with Crippen LogP contribution >= 0.6 is 0 Å². The molecule has 1 nitrogen and oxygen atoms in total. The lowest BCUT2D eigenvalue weighted by molar-refractivity contribution is 0.223. The molecule has 0 spiro atoms. The summed E-state index contributed by atoms with van der Waals surface area (Å²) in [5.41, 5.74) is 1.46. The van der Waals surface area contributed by atoms with Gasteiger partial charge < -0.3 is 5.32 Å². The first kappa shape index (κ1) is 14.6. The van der Waals surface area contributed by atoms with Crippen molar-refractivity contribution in [2.75, 3.05) is 0 Å². The van der Waals surface area contributed by atoms with E-state index >= 15 is 0 Å². The Kier molecular flexibility index (Phi) is 5.91. The minimum absolute atomic E-state index is 0.545. The molecule has 0 aliphatic heterocycles. The van der Waals surface area contributed by atoms with Crippen LogP contribution in [0.3, 0.4) is 0 Å². The molecule has 2 rings (SSSR count). The highest BCUT2D eigenvalue weighted by Gasteiger charge is 2.25. The zero-order valence-corrected chi connectivity index (χ0v) is 12.6. The Bertz CT molecular complexity index is 342. The fourth-order valence-electron chi connectivity index (χ4n) is 3.02. The van der Waals surface area contributed by atoms with Gasteiger partial charge in [-0.3, -0.25) is 0 Å². The van der Waals surface area contributed by atoms with Crippen molar-refractivity contribution in [2.24, 2.45) is 5.92 Å². The maximum absolute atomic E-state index is 3.89. The van der Waals surface area contributed by atoms with Gasteiger partial charge in [0.25, 0.3) is 0 Å². The lowest BCUT2D eigenvalue weighted by Gasteiger charge is -2.35. The van der Waals surface area contributed by atoms with Crippen LogP contribution in [0.15, 0.2) is 30.3 Å². The zero-order valence-electron chi connectivity index (χ0n) is 12.6. The molecule has 0 aromatic heterocycles. The molecule has 1 aromatic carbocycles. The first-order valence-electron chi connectivity index (χ1n) is 8.12. The largest absolute Gasteiger partial charge is 0.307 e. The van der Waals surface area contributed by atoms with E-state index < -0.39 is 0 Å². The molecular weight excluding hydrogens is 230 g/mol. The van der Waals surface area contributed by atoms with Crippen molar-refractivity contribution in [3.63, 3.8) is 0 Å². The second-order valence-electron chi connectivity index (χ2n) is 6.11. The molecule has 1 N–H and O–H groups in total. The number of hydrogen-bond donors (Lipinski definition) is 1. The third kappa shape index (κ3) is 4.35. The molecular formula is C18H29N. The third-order valence-corrected chi connectivity index (χ3v) is 4.62. The maximum Gasteiger partial charge on any atom is 0.0322 e. The van der Waals surface area contributed by atoms with Gasteiger partial charge in [-0.05, 0) is 37.7 Å². The van der Waals surface area contributed by atoms with Gasteiger partial charge in [-0.1, -0.05) is 62.9 Å². The summed E-state index contributed by atoms with van der Waals surface area (Å²) in [6.45, 7) is 4.65. The second-order valence-corrected chi connectivity index (χ2v) is 6.11. The molecule has 1 saturated carbocycles. The molecule has 2 unspecified atom stereocenters. The van der Waals surface area contributed by atoms with Crippen molar-refractivity contribution < 1.29 is 0 Å². The van der Waals surface area contributed by atoms with Crippen LogP contribution in [0.2, 0.25) is 0 Å². The van der Waals surface area contributed by atoms with E-state index in [1.807, 2.05) is 0 Å². The van der Waals surface area contributed by atoms with Crippen molar-refractivity contribution in [3.05, 3.63) is 35.9 Å². The summed E-state index contributed by atoms with van der Waals surface area (Å²) in [4.78, 5) is 0. The molecule has 106 valence electrons. The summed E-state index contributed by atoms with van der Waals surface area (Å²) < 4.78 is 0. The predicted molar refractivity (Wildman–Crippen MR) is 83.3 cm³/mol. The number of hydrogen-bond acceptors (Lipinski definition) is 1. The van der Waals surface area contributed by atoms with Crippen LogP contribution in [0.25, 0.3) is 0 Å². The normalized spacial score (nSPS) is 18.8. The third-order valence-electron chi connectivity index (χ3n) is 4.62. The highest BCUT2D eigenvalue weighted by molar-refractivity contribution is 5.19. The summed E-state index contributed by atoms with van der Waals surface area (Å²) in [6.07, 6.45) is 9.54. The molecule has 0 heterocycles. The summed E-state index contributed by atoms with van der Waals surface area (Å²) in [6, 6.07) is 12.2. The Labute approximate surface area is 118 Å². The van der Waals surface area contributed by atoms with Gasteiger partial charge in [-0.2, -0.15) is 0 Å². The Balaban J connectivity index is 1.92. The van der Waals surface area contributed by atoms with E-state index in [9.17, 15) is 0 Å². The van der Waals surface area contributed by atoms with E-state index in [4.69, 9.17) is 0 Å². The van der Waals surface area contributed by atoms with Crippen molar-refractivity contribution >= 4 is 0 Å². The van der Waals surface area contributed by atoms with Crippen LogP contribution in [0.5, 0.6) is 0 Å². The number of benzene rings is 1. The van der Waals surface area contributed by atoms with Crippen LogP contribution < -0.4 is 5.32 Å². The highest BCUT2D eigenvalue weighted by atomic mass is 15.0. The summed E-state index contributed by atoms with van der Waals surface area (Å²) in [7, 11) is 0. The van der Waals surface area contributed by atoms with Crippen LogP contribution in [0.4, 0.5) is 0 Å². The predicted octanol–water partition coefficient (Wildman–Crippen LogP) is 5.09. The van der Waals surface area contributed by atoms with E-state index in [0.717, 1.165) is 5.92 Å². The average Bonchev–Trinajstić information content (AvgIpc) is 2.37. The first-order valence-corrected chi connectivity index (χ1v) is 8.12. The molecule has 0 bridgehead atoms. The summed E-state index contributed by atoms with van der Waals surface area (Å²) >= 11 is 0. The van der Waals surface area contributed by atoms with Gasteiger partial charge in [0.1, 0.15) is 0 Å². The van der Waals surface area contributed by atoms with Crippen molar-refractivity contribution in [1.82, 2.24) is 5.32 Å². The van der Waals surface area contributed by atoms with E-state index in [1.165, 1.54) is 50.5 Å². The molecule has 1 heteroatoms. The lowest BCUT2D eigenvalue weighted by Crippen LogP contribution is -2.39. The molecule has 0 saturated heterocycles. The molecule has 1 aromatic rings. The number of nitrogens with one attached hydrogen (secondary N) is 1. The molecule has 1 aliphatic rings. The van der Waals surface area contributed by atoms with Crippen molar-refractivity contribution in [3.8, 4) is 0 Å². The van der Waals surface area contributed by atoms with Gasteiger partial charge in [0.15, 0.2) is 0 Å². The van der Waals surface area contributed by atoms with E-state index in [2.05, 4.69) is 49.5 Å². The summed E-state index contributed by atoms with van der Waals surface area (Å²) in [5, 5.41) is 3.89. The van der Waals surface area contributed by atoms with Crippen LogP contribution in [0, 0.1) is 5.92 Å². The Hall–Kier alpha value is -0.820. The molecule has 1 aliphatic carbocycles. The van der Waals surface area contributed by atoms with E-state index in [1.54, 1.807) is 0 Å². The Morgan fingerprint density at radius 1 is 1.16 bits per heavy atom. The zero-order chi connectivity index (χ0) is 13.5. The average molecular weight is 259 g/mol. The maximum atomic E-state index is 3.89. The SMILES string of the molecule is CCCCCC(NC(C)C1CCC1)c1ccccc1. The Morgan fingerprint density at radius 3 is 2.47 bits per heavy atom. The molecule has 1 fully saturated rings. The van der Waals surface area contributed by atoms with Gasteiger partial charge in [0.2, 0.25) is 0 Å². The smallest absolute Gasteiger partial charge is 0.0322 e. The first-order chi connectivity index (χ1) is 9.31. The molecule has 0 amide bonds. The fraction of sp³-hybridized carbons (Fsp3) is 0.667. The second kappa shape index (κ2) is 7.69. The molecule has 19 heavy (non-hydrogen) atoms. The monoisotopic (exact) mass is 259 g/mol. The van der Waals surface area contributed by atoms with Crippen molar-refractivity contribution in [2.45, 2.75) is 70.9 Å².